The maximum Gasteiger partial charge on any atom is 0.243 e. The number of amides is 4. The number of nitrogens with one attached hydrogen (secondary N) is 4. The maximum atomic E-state index is 13.3. The third kappa shape index (κ3) is 11.3. The average Bonchev–Trinajstić information content (AvgIpc) is 3.24. The summed E-state index contributed by atoms with van der Waals surface area (Å²) in [6.45, 7) is 11.6. The van der Waals surface area contributed by atoms with Crippen LogP contribution in [0, 0.1) is 17.8 Å². The normalized spacial score (nSPS) is 14.9. The predicted molar refractivity (Wildman–Crippen MR) is 134 cm³/mol. The molecular formula is C24H43N7O4. The van der Waals surface area contributed by atoms with Crippen LogP contribution in [0.15, 0.2) is 12.5 Å². The van der Waals surface area contributed by atoms with Gasteiger partial charge in [0.1, 0.15) is 18.1 Å². The number of carbonyl (C=O) groups excluding carboxylic acids is 4. The van der Waals surface area contributed by atoms with Gasteiger partial charge in [0.25, 0.3) is 0 Å². The van der Waals surface area contributed by atoms with E-state index in [0.717, 1.165) is 0 Å². The molecule has 35 heavy (non-hydrogen) atoms. The smallest absolute Gasteiger partial charge is 0.243 e. The molecule has 11 heteroatoms. The van der Waals surface area contributed by atoms with E-state index in [0.29, 0.717) is 25.0 Å². The maximum absolute atomic E-state index is 13.3. The van der Waals surface area contributed by atoms with Crippen molar-refractivity contribution >= 4 is 23.6 Å². The van der Waals surface area contributed by atoms with Crippen LogP contribution in [0.1, 0.15) is 66.5 Å². The summed E-state index contributed by atoms with van der Waals surface area (Å²) in [4.78, 5) is 57.7. The molecular weight excluding hydrogens is 450 g/mol. The van der Waals surface area contributed by atoms with E-state index in [1.54, 1.807) is 6.20 Å². The number of primary amides is 1. The number of aromatic nitrogens is 2. The molecule has 4 atom stereocenters. The Bertz CT molecular complexity index is 824. The molecule has 0 fully saturated rings. The van der Waals surface area contributed by atoms with E-state index >= 15 is 0 Å². The first-order valence-corrected chi connectivity index (χ1v) is 12.2. The highest BCUT2D eigenvalue weighted by Crippen LogP contribution is 2.10. The Kier molecular flexibility index (Phi) is 12.4. The van der Waals surface area contributed by atoms with Gasteiger partial charge in [0.05, 0.1) is 12.4 Å². The molecule has 1 aromatic rings. The van der Waals surface area contributed by atoms with Crippen molar-refractivity contribution in [2.24, 2.45) is 29.2 Å². The number of rotatable bonds is 15. The monoisotopic (exact) mass is 493 g/mol. The Labute approximate surface area is 207 Å². The molecule has 1 aromatic heterocycles. The molecule has 11 nitrogen and oxygen atoms in total. The van der Waals surface area contributed by atoms with E-state index in [1.165, 1.54) is 6.33 Å². The quantitative estimate of drug-likeness (QED) is 0.205. The van der Waals surface area contributed by atoms with Crippen molar-refractivity contribution in [1.82, 2.24) is 25.9 Å². The van der Waals surface area contributed by atoms with E-state index in [4.69, 9.17) is 11.5 Å². The van der Waals surface area contributed by atoms with Crippen LogP contribution in [0.25, 0.3) is 0 Å². The molecule has 0 saturated carbocycles. The van der Waals surface area contributed by atoms with Crippen LogP contribution in [-0.4, -0.2) is 57.8 Å². The Morgan fingerprint density at radius 3 is 1.77 bits per heavy atom. The molecule has 1 heterocycles. The van der Waals surface area contributed by atoms with Crippen molar-refractivity contribution in [3.8, 4) is 0 Å². The van der Waals surface area contributed by atoms with Crippen LogP contribution in [-0.2, 0) is 25.6 Å². The number of H-pyrrole nitrogens is 1. The van der Waals surface area contributed by atoms with Crippen molar-refractivity contribution in [3.05, 3.63) is 18.2 Å². The second kappa shape index (κ2) is 14.4. The Morgan fingerprint density at radius 2 is 1.29 bits per heavy atom. The van der Waals surface area contributed by atoms with Crippen LogP contribution in [0.2, 0.25) is 0 Å². The van der Waals surface area contributed by atoms with Gasteiger partial charge in [0.15, 0.2) is 0 Å². The zero-order valence-corrected chi connectivity index (χ0v) is 21.8. The summed E-state index contributed by atoms with van der Waals surface area (Å²) in [6, 6.07) is -3.51. The van der Waals surface area contributed by atoms with Crippen LogP contribution < -0.4 is 27.4 Å². The fourth-order valence-electron chi connectivity index (χ4n) is 3.68. The summed E-state index contributed by atoms with van der Waals surface area (Å²) in [5.74, 6) is -1.71. The van der Waals surface area contributed by atoms with E-state index in [2.05, 4.69) is 25.9 Å². The molecule has 8 N–H and O–H groups in total. The fourth-order valence-corrected chi connectivity index (χ4v) is 3.68. The lowest BCUT2D eigenvalue weighted by Crippen LogP contribution is -2.58. The standard InChI is InChI=1S/C24H43N7O4/c1-13(2)7-17(25)22(33)30-20(10-16-11-27-12-28-16)24(35)31-19(9-15(5)6)23(34)29-18(21(26)32)8-14(3)4/h11-15,17-20H,7-10,25H2,1-6H3,(H2,26,32)(H,27,28)(H,29,34)(H,30,33)(H,31,35)/t17-,18-,19-,20-/m0/s1. The number of imidazole rings is 1. The largest absolute Gasteiger partial charge is 0.368 e. The molecule has 0 bridgehead atoms. The lowest BCUT2D eigenvalue weighted by Gasteiger charge is -2.26. The van der Waals surface area contributed by atoms with Gasteiger partial charge in [-0.05, 0) is 37.0 Å². The van der Waals surface area contributed by atoms with Crippen LogP contribution in [0.4, 0.5) is 0 Å². The predicted octanol–water partition coefficient (Wildman–Crippen LogP) is 0.358. The number of hydrogen-bond donors (Lipinski definition) is 6. The minimum absolute atomic E-state index is 0.0725. The third-order valence-electron chi connectivity index (χ3n) is 5.38. The van der Waals surface area contributed by atoms with Gasteiger partial charge in [0, 0.05) is 18.3 Å². The van der Waals surface area contributed by atoms with Crippen LogP contribution in [0.3, 0.4) is 0 Å². The SMILES string of the molecule is CC(C)C[C@H](NC(=O)[C@H](CC(C)C)NC(=O)[C@H](Cc1cnc[nH]1)NC(=O)[C@@H](N)CC(C)C)C(N)=O. The molecule has 0 radical (unpaired) electrons. The van der Waals surface area contributed by atoms with Crippen LogP contribution >= 0.6 is 0 Å². The molecule has 1 rings (SSSR count). The van der Waals surface area contributed by atoms with Gasteiger partial charge < -0.3 is 32.4 Å². The Hall–Kier alpha value is -2.95. The first-order valence-electron chi connectivity index (χ1n) is 12.2. The second-order valence-corrected chi connectivity index (χ2v) is 10.4. The van der Waals surface area contributed by atoms with Gasteiger partial charge in [0.2, 0.25) is 23.6 Å². The summed E-state index contributed by atoms with van der Waals surface area (Å²) in [5.41, 5.74) is 12.1. The minimum Gasteiger partial charge on any atom is -0.368 e. The number of nitrogens with zero attached hydrogens (tertiary/aromatic N) is 1. The van der Waals surface area contributed by atoms with Crippen molar-refractivity contribution in [2.75, 3.05) is 0 Å². The molecule has 0 aliphatic heterocycles. The molecule has 0 aliphatic rings. The Morgan fingerprint density at radius 1 is 0.800 bits per heavy atom. The van der Waals surface area contributed by atoms with Gasteiger partial charge in [-0.25, -0.2) is 4.98 Å². The third-order valence-corrected chi connectivity index (χ3v) is 5.38. The van der Waals surface area contributed by atoms with Gasteiger partial charge in [-0.3, -0.25) is 19.2 Å². The lowest BCUT2D eigenvalue weighted by atomic mass is 9.99. The number of nitrogens with two attached hydrogens (primary N) is 2. The van der Waals surface area contributed by atoms with Crippen LogP contribution in [0.5, 0.6) is 0 Å². The first kappa shape index (κ1) is 30.1. The van der Waals surface area contributed by atoms with Gasteiger partial charge in [-0.15, -0.1) is 0 Å². The van der Waals surface area contributed by atoms with Crippen molar-refractivity contribution in [3.63, 3.8) is 0 Å². The highest BCUT2D eigenvalue weighted by Gasteiger charge is 2.31. The number of hydrogen-bond acceptors (Lipinski definition) is 6. The van der Waals surface area contributed by atoms with E-state index in [-0.39, 0.29) is 24.2 Å². The van der Waals surface area contributed by atoms with Gasteiger partial charge in [-0.2, -0.15) is 0 Å². The summed E-state index contributed by atoms with van der Waals surface area (Å²) in [7, 11) is 0. The highest BCUT2D eigenvalue weighted by atomic mass is 16.2. The first-order chi connectivity index (χ1) is 16.3. The topological polar surface area (TPSA) is 185 Å². The summed E-state index contributed by atoms with van der Waals surface area (Å²) in [5, 5.41) is 8.14. The minimum atomic E-state index is -0.980. The zero-order valence-electron chi connectivity index (χ0n) is 21.8. The summed E-state index contributed by atoms with van der Waals surface area (Å²) >= 11 is 0. The van der Waals surface area contributed by atoms with Crippen molar-refractivity contribution < 1.29 is 19.2 Å². The average molecular weight is 494 g/mol. The molecule has 198 valence electrons. The number of aromatic amines is 1. The fraction of sp³-hybridized carbons (Fsp3) is 0.708. The van der Waals surface area contributed by atoms with Crippen molar-refractivity contribution in [1.29, 1.82) is 0 Å². The molecule has 0 saturated heterocycles. The van der Waals surface area contributed by atoms with Crippen molar-refractivity contribution in [2.45, 2.75) is 91.4 Å². The molecule has 4 amide bonds. The summed E-state index contributed by atoms with van der Waals surface area (Å²) in [6.07, 6.45) is 4.36. The second-order valence-electron chi connectivity index (χ2n) is 10.4. The molecule has 0 aromatic carbocycles. The molecule has 0 unspecified atom stereocenters. The lowest BCUT2D eigenvalue weighted by molar-refractivity contribution is -0.134. The molecule has 0 spiro atoms. The zero-order chi connectivity index (χ0) is 26.7. The highest BCUT2D eigenvalue weighted by molar-refractivity contribution is 5.94. The van der Waals surface area contributed by atoms with Gasteiger partial charge >= 0.3 is 0 Å². The Balaban J connectivity index is 3.05. The summed E-state index contributed by atoms with van der Waals surface area (Å²) < 4.78 is 0. The van der Waals surface area contributed by atoms with E-state index in [9.17, 15) is 19.2 Å². The van der Waals surface area contributed by atoms with Gasteiger partial charge in [-0.1, -0.05) is 41.5 Å². The van der Waals surface area contributed by atoms with E-state index < -0.39 is 47.8 Å². The molecule has 0 aliphatic carbocycles. The van der Waals surface area contributed by atoms with E-state index in [1.807, 2.05) is 41.5 Å². The number of carbonyl (C=O) groups is 4.